The van der Waals surface area contributed by atoms with Gasteiger partial charge in [0.15, 0.2) is 0 Å². The summed E-state index contributed by atoms with van der Waals surface area (Å²) in [5.41, 5.74) is 0. The van der Waals surface area contributed by atoms with Gasteiger partial charge >= 0.3 is 0 Å². The normalized spacial score (nSPS) is 25.5. The van der Waals surface area contributed by atoms with E-state index >= 15 is 0 Å². The van der Waals surface area contributed by atoms with Gasteiger partial charge in [-0.3, -0.25) is 0 Å². The molecular formula is C11H16ClN3. The molecule has 0 amide bonds. The molecule has 1 aliphatic rings. The van der Waals surface area contributed by atoms with Gasteiger partial charge in [-0.25, -0.2) is 9.97 Å². The summed E-state index contributed by atoms with van der Waals surface area (Å²) in [4.78, 5) is 7.96. The number of hydrogen-bond acceptors (Lipinski definition) is 3. The average Bonchev–Trinajstić information content (AvgIpc) is 2.62. The number of aromatic nitrogens is 2. The first-order valence-corrected chi connectivity index (χ1v) is 5.83. The highest BCUT2D eigenvalue weighted by Gasteiger charge is 2.20. The summed E-state index contributed by atoms with van der Waals surface area (Å²) in [5.74, 6) is 2.49. The van der Waals surface area contributed by atoms with Crippen LogP contribution in [-0.4, -0.2) is 16.5 Å². The minimum absolute atomic E-state index is 0.493. The molecule has 2 atom stereocenters. The Bertz CT molecular complexity index is 329. The molecular weight excluding hydrogens is 210 g/mol. The summed E-state index contributed by atoms with van der Waals surface area (Å²) in [6, 6.07) is 1.76. The van der Waals surface area contributed by atoms with Gasteiger partial charge in [-0.1, -0.05) is 24.9 Å². The van der Waals surface area contributed by atoms with Crippen molar-refractivity contribution < 1.29 is 0 Å². The molecule has 1 N–H and O–H groups in total. The molecule has 2 rings (SSSR count). The highest BCUT2D eigenvalue weighted by atomic mass is 35.5. The van der Waals surface area contributed by atoms with E-state index in [0.29, 0.717) is 5.15 Å². The zero-order valence-electron chi connectivity index (χ0n) is 8.91. The van der Waals surface area contributed by atoms with E-state index in [2.05, 4.69) is 22.2 Å². The van der Waals surface area contributed by atoms with Crippen molar-refractivity contribution >= 4 is 17.4 Å². The van der Waals surface area contributed by atoms with E-state index < -0.39 is 0 Å². The predicted octanol–water partition coefficient (Wildman–Crippen LogP) is 2.98. The van der Waals surface area contributed by atoms with Crippen molar-refractivity contribution in [3.05, 3.63) is 17.5 Å². The third kappa shape index (κ3) is 3.06. The molecule has 0 spiro atoms. The fourth-order valence-corrected chi connectivity index (χ4v) is 2.34. The van der Waals surface area contributed by atoms with Crippen molar-refractivity contribution in [2.75, 3.05) is 11.9 Å². The number of hydrogen-bond donors (Lipinski definition) is 1. The van der Waals surface area contributed by atoms with Gasteiger partial charge in [-0.05, 0) is 24.7 Å². The molecule has 3 nitrogen and oxygen atoms in total. The maximum atomic E-state index is 5.77. The van der Waals surface area contributed by atoms with Crippen LogP contribution in [0.1, 0.15) is 26.2 Å². The second kappa shape index (κ2) is 4.79. The maximum Gasteiger partial charge on any atom is 0.134 e. The van der Waals surface area contributed by atoms with Gasteiger partial charge in [-0.2, -0.15) is 0 Å². The lowest BCUT2D eigenvalue weighted by atomic mass is 10.1. The molecule has 0 aromatic carbocycles. The van der Waals surface area contributed by atoms with E-state index in [1.54, 1.807) is 6.07 Å². The van der Waals surface area contributed by atoms with Crippen LogP contribution < -0.4 is 5.32 Å². The minimum atomic E-state index is 0.493. The number of halogens is 1. The topological polar surface area (TPSA) is 37.8 Å². The number of rotatable bonds is 3. The molecule has 82 valence electrons. The molecule has 4 heteroatoms. The van der Waals surface area contributed by atoms with Crippen LogP contribution in [0.5, 0.6) is 0 Å². The zero-order valence-corrected chi connectivity index (χ0v) is 9.67. The highest BCUT2D eigenvalue weighted by molar-refractivity contribution is 6.29. The maximum absolute atomic E-state index is 5.77. The van der Waals surface area contributed by atoms with E-state index in [4.69, 9.17) is 11.6 Å². The molecule has 1 aromatic heterocycles. The Morgan fingerprint density at radius 2 is 2.33 bits per heavy atom. The Morgan fingerprint density at radius 1 is 1.47 bits per heavy atom. The van der Waals surface area contributed by atoms with Crippen LogP contribution in [0.4, 0.5) is 5.82 Å². The van der Waals surface area contributed by atoms with E-state index in [1.807, 2.05) is 0 Å². The monoisotopic (exact) mass is 225 g/mol. The van der Waals surface area contributed by atoms with Crippen LogP contribution in [-0.2, 0) is 0 Å². The van der Waals surface area contributed by atoms with Crippen LogP contribution in [0.25, 0.3) is 0 Å². The molecule has 0 bridgehead atoms. The molecule has 0 aliphatic heterocycles. The molecule has 1 aliphatic carbocycles. The standard InChI is InChI=1S/C11H16ClN3/c1-8-2-3-9(4-8)6-13-11-5-10(12)14-7-15-11/h5,7-9H,2-4,6H2,1H3,(H,13,14,15). The first-order chi connectivity index (χ1) is 7.24. The molecule has 1 heterocycles. The van der Waals surface area contributed by atoms with Crippen LogP contribution in [0.2, 0.25) is 5.15 Å². The lowest BCUT2D eigenvalue weighted by molar-refractivity contribution is 0.536. The van der Waals surface area contributed by atoms with Gasteiger partial charge < -0.3 is 5.32 Å². The third-order valence-electron chi connectivity index (χ3n) is 3.01. The first-order valence-electron chi connectivity index (χ1n) is 5.45. The molecule has 0 saturated heterocycles. The van der Waals surface area contributed by atoms with Crippen LogP contribution in [0.3, 0.4) is 0 Å². The smallest absolute Gasteiger partial charge is 0.134 e. The van der Waals surface area contributed by atoms with E-state index in [1.165, 1.54) is 25.6 Å². The van der Waals surface area contributed by atoms with Crippen molar-refractivity contribution in [3.8, 4) is 0 Å². The highest BCUT2D eigenvalue weighted by Crippen LogP contribution is 2.30. The predicted molar refractivity (Wildman–Crippen MR) is 62.0 cm³/mol. The summed E-state index contributed by atoms with van der Waals surface area (Å²) in [6.07, 6.45) is 5.50. The van der Waals surface area contributed by atoms with Gasteiger partial charge in [0, 0.05) is 12.6 Å². The van der Waals surface area contributed by atoms with Crippen LogP contribution in [0, 0.1) is 11.8 Å². The average molecular weight is 226 g/mol. The van der Waals surface area contributed by atoms with E-state index in [-0.39, 0.29) is 0 Å². The molecule has 1 fully saturated rings. The quantitative estimate of drug-likeness (QED) is 0.804. The van der Waals surface area contributed by atoms with E-state index in [0.717, 1.165) is 24.2 Å². The summed E-state index contributed by atoms with van der Waals surface area (Å²) in [5, 5.41) is 3.81. The number of nitrogens with zero attached hydrogens (tertiary/aromatic N) is 2. The van der Waals surface area contributed by atoms with Crippen molar-refractivity contribution in [1.82, 2.24) is 9.97 Å². The van der Waals surface area contributed by atoms with Crippen LogP contribution >= 0.6 is 11.6 Å². The van der Waals surface area contributed by atoms with Crippen molar-refractivity contribution in [3.63, 3.8) is 0 Å². The molecule has 1 saturated carbocycles. The SMILES string of the molecule is CC1CCC(CNc2cc(Cl)ncn2)C1. The fourth-order valence-electron chi connectivity index (χ4n) is 2.19. The molecule has 2 unspecified atom stereocenters. The molecule has 0 radical (unpaired) electrons. The van der Waals surface area contributed by atoms with Gasteiger partial charge in [0.05, 0.1) is 0 Å². The second-order valence-electron chi connectivity index (χ2n) is 4.39. The first kappa shape index (κ1) is 10.7. The summed E-state index contributed by atoms with van der Waals surface area (Å²) in [7, 11) is 0. The van der Waals surface area contributed by atoms with Crippen molar-refractivity contribution in [1.29, 1.82) is 0 Å². The Kier molecular flexibility index (Phi) is 3.41. The summed E-state index contributed by atoms with van der Waals surface area (Å²) >= 11 is 5.77. The number of nitrogens with one attached hydrogen (secondary N) is 1. The van der Waals surface area contributed by atoms with Crippen LogP contribution in [0.15, 0.2) is 12.4 Å². The number of anilines is 1. The fraction of sp³-hybridized carbons (Fsp3) is 0.636. The van der Waals surface area contributed by atoms with Gasteiger partial charge in [-0.15, -0.1) is 0 Å². The second-order valence-corrected chi connectivity index (χ2v) is 4.78. The zero-order chi connectivity index (χ0) is 10.7. The molecule has 15 heavy (non-hydrogen) atoms. The van der Waals surface area contributed by atoms with Gasteiger partial charge in [0.25, 0.3) is 0 Å². The Balaban J connectivity index is 1.83. The molecule has 1 aromatic rings. The minimum Gasteiger partial charge on any atom is -0.370 e. The Labute approximate surface area is 95.3 Å². The van der Waals surface area contributed by atoms with E-state index in [9.17, 15) is 0 Å². The summed E-state index contributed by atoms with van der Waals surface area (Å²) < 4.78 is 0. The largest absolute Gasteiger partial charge is 0.370 e. The Hall–Kier alpha value is -0.830. The third-order valence-corrected chi connectivity index (χ3v) is 3.22. The van der Waals surface area contributed by atoms with Gasteiger partial charge in [0.1, 0.15) is 17.3 Å². The lowest BCUT2D eigenvalue weighted by Crippen LogP contribution is -2.12. The lowest BCUT2D eigenvalue weighted by Gasteiger charge is -2.11. The van der Waals surface area contributed by atoms with Gasteiger partial charge in [0.2, 0.25) is 0 Å². The van der Waals surface area contributed by atoms with Crippen molar-refractivity contribution in [2.45, 2.75) is 26.2 Å². The van der Waals surface area contributed by atoms with Crippen molar-refractivity contribution in [2.24, 2.45) is 11.8 Å². The Morgan fingerprint density at radius 3 is 3.00 bits per heavy atom. The summed E-state index contributed by atoms with van der Waals surface area (Å²) in [6.45, 7) is 3.32.